The van der Waals surface area contributed by atoms with Crippen LogP contribution in [0.15, 0.2) is 30.3 Å². The van der Waals surface area contributed by atoms with Gasteiger partial charge in [0.05, 0.1) is 0 Å². The number of hydrogen-bond acceptors (Lipinski definition) is 0. The van der Waals surface area contributed by atoms with Gasteiger partial charge in [0, 0.05) is 5.88 Å². The van der Waals surface area contributed by atoms with Crippen LogP contribution in [-0.2, 0) is 5.88 Å². The van der Waals surface area contributed by atoms with Crippen molar-refractivity contribution in [2.24, 2.45) is 0 Å². The van der Waals surface area contributed by atoms with Crippen LogP contribution in [-0.4, -0.2) is 29.6 Å². The molecular weight excluding hydrogens is 143 g/mol. The summed E-state index contributed by atoms with van der Waals surface area (Å²) in [5, 5.41) is 0. The summed E-state index contributed by atoms with van der Waals surface area (Å²) in [7, 11) is 0. The molecule has 44 valence electrons. The van der Waals surface area contributed by atoms with Gasteiger partial charge >= 0.3 is 29.6 Å². The fourth-order valence-corrected chi connectivity index (χ4v) is 0.745. The first-order chi connectivity index (χ1) is 3.93. The molecule has 9 heavy (non-hydrogen) atoms. The minimum absolute atomic E-state index is 0. The quantitative estimate of drug-likeness (QED) is 0.423. The molecule has 0 nitrogen and oxygen atoms in total. The van der Waals surface area contributed by atoms with Gasteiger partial charge in [-0.15, -0.1) is 11.6 Å². The maximum absolute atomic E-state index is 5.53. The van der Waals surface area contributed by atoms with Crippen LogP contribution < -0.4 is 0 Å². The zero-order chi connectivity index (χ0) is 5.82. The van der Waals surface area contributed by atoms with Crippen molar-refractivity contribution in [3.63, 3.8) is 0 Å². The molecule has 1 rings (SSSR count). The Labute approximate surface area is 82.5 Å². The molecule has 1 aromatic carbocycles. The van der Waals surface area contributed by atoms with Crippen LogP contribution in [0.3, 0.4) is 0 Å². The molecule has 0 saturated heterocycles. The van der Waals surface area contributed by atoms with Gasteiger partial charge in [-0.25, -0.2) is 0 Å². The van der Waals surface area contributed by atoms with E-state index in [1.165, 1.54) is 5.56 Å². The van der Waals surface area contributed by atoms with Gasteiger partial charge in [-0.05, 0) is 5.56 Å². The van der Waals surface area contributed by atoms with Crippen molar-refractivity contribution < 1.29 is 0 Å². The Morgan fingerprint density at radius 2 is 1.67 bits per heavy atom. The first kappa shape index (κ1) is 9.51. The van der Waals surface area contributed by atoms with Crippen LogP contribution in [0.25, 0.3) is 0 Å². The predicted molar refractivity (Wildman–Crippen MR) is 43.1 cm³/mol. The van der Waals surface area contributed by atoms with E-state index in [1.807, 2.05) is 30.3 Å². The molecule has 0 N–H and O–H groups in total. The summed E-state index contributed by atoms with van der Waals surface area (Å²) in [6.45, 7) is 0. The van der Waals surface area contributed by atoms with Crippen molar-refractivity contribution >= 4 is 41.2 Å². The van der Waals surface area contributed by atoms with E-state index >= 15 is 0 Å². The van der Waals surface area contributed by atoms with E-state index in [-0.39, 0.29) is 29.6 Å². The Hall–Kier alpha value is 0.510. The third kappa shape index (κ3) is 3.27. The molecule has 0 unspecified atom stereocenters. The molecule has 0 spiro atoms. The molecule has 0 aliphatic carbocycles. The molecule has 0 heterocycles. The van der Waals surface area contributed by atoms with Crippen molar-refractivity contribution in [3.8, 4) is 0 Å². The topological polar surface area (TPSA) is 0 Å². The molecule has 2 heteroatoms. The van der Waals surface area contributed by atoms with Gasteiger partial charge in [0.25, 0.3) is 0 Å². The van der Waals surface area contributed by atoms with Crippen molar-refractivity contribution in [2.45, 2.75) is 5.88 Å². The Morgan fingerprint density at radius 1 is 1.11 bits per heavy atom. The van der Waals surface area contributed by atoms with E-state index in [9.17, 15) is 0 Å². The molecule has 0 radical (unpaired) electrons. The van der Waals surface area contributed by atoms with Gasteiger partial charge in [-0.2, -0.15) is 0 Å². The molecule has 0 aromatic heterocycles. The summed E-state index contributed by atoms with van der Waals surface area (Å²) >= 11 is 5.53. The van der Waals surface area contributed by atoms with E-state index in [0.717, 1.165) is 0 Å². The summed E-state index contributed by atoms with van der Waals surface area (Å²) in [4.78, 5) is 0. The zero-order valence-corrected chi connectivity index (χ0v) is 5.23. The molecular formula is C7H8ClNa. The number of alkyl halides is 1. The molecule has 0 amide bonds. The van der Waals surface area contributed by atoms with Crippen LogP contribution in [0.5, 0.6) is 0 Å². The monoisotopic (exact) mass is 150 g/mol. The maximum atomic E-state index is 5.53. The standard InChI is InChI=1S/C7H7Cl.Na.H/c8-6-7-4-2-1-3-5-7;;/h1-5H,6H2;;. The van der Waals surface area contributed by atoms with Gasteiger partial charge in [-0.3, -0.25) is 0 Å². The first-order valence-corrected chi connectivity index (χ1v) is 3.07. The molecule has 0 aliphatic heterocycles. The van der Waals surface area contributed by atoms with E-state index in [0.29, 0.717) is 5.88 Å². The number of halogens is 1. The normalized spacial score (nSPS) is 8.11. The summed E-state index contributed by atoms with van der Waals surface area (Å²) < 4.78 is 0. The van der Waals surface area contributed by atoms with Gasteiger partial charge in [0.15, 0.2) is 0 Å². The summed E-state index contributed by atoms with van der Waals surface area (Å²) in [6, 6.07) is 9.96. The molecule has 0 saturated carbocycles. The van der Waals surface area contributed by atoms with Gasteiger partial charge < -0.3 is 0 Å². The second-order valence-electron chi connectivity index (χ2n) is 1.62. The van der Waals surface area contributed by atoms with Crippen LogP contribution >= 0.6 is 11.6 Å². The van der Waals surface area contributed by atoms with Crippen LogP contribution in [0.2, 0.25) is 0 Å². The third-order valence-electron chi connectivity index (χ3n) is 0.997. The van der Waals surface area contributed by atoms with Crippen LogP contribution in [0.4, 0.5) is 0 Å². The summed E-state index contributed by atoms with van der Waals surface area (Å²) in [6.07, 6.45) is 0. The Morgan fingerprint density at radius 3 is 2.00 bits per heavy atom. The van der Waals surface area contributed by atoms with Gasteiger partial charge in [0.1, 0.15) is 0 Å². The summed E-state index contributed by atoms with van der Waals surface area (Å²) in [5.74, 6) is 0.612. The zero-order valence-electron chi connectivity index (χ0n) is 4.47. The Bertz CT molecular complexity index is 150. The van der Waals surface area contributed by atoms with E-state index in [1.54, 1.807) is 0 Å². The Balaban J connectivity index is 0.000000640. The van der Waals surface area contributed by atoms with E-state index in [2.05, 4.69) is 0 Å². The second-order valence-corrected chi connectivity index (χ2v) is 1.89. The fourth-order valence-electron chi connectivity index (χ4n) is 0.567. The molecule has 0 aliphatic rings. The van der Waals surface area contributed by atoms with Crippen LogP contribution in [0, 0.1) is 0 Å². The fraction of sp³-hybridized carbons (Fsp3) is 0.143. The average molecular weight is 151 g/mol. The molecule has 0 fully saturated rings. The predicted octanol–water partition coefficient (Wildman–Crippen LogP) is 1.78. The van der Waals surface area contributed by atoms with Crippen molar-refractivity contribution in [3.05, 3.63) is 35.9 Å². The van der Waals surface area contributed by atoms with Crippen molar-refractivity contribution in [1.82, 2.24) is 0 Å². The number of hydrogen-bond donors (Lipinski definition) is 0. The molecule has 0 bridgehead atoms. The van der Waals surface area contributed by atoms with E-state index < -0.39 is 0 Å². The Kier molecular flexibility index (Phi) is 5.61. The van der Waals surface area contributed by atoms with Crippen molar-refractivity contribution in [1.29, 1.82) is 0 Å². The van der Waals surface area contributed by atoms with Gasteiger partial charge in [0.2, 0.25) is 0 Å². The number of rotatable bonds is 1. The molecule has 0 atom stereocenters. The van der Waals surface area contributed by atoms with E-state index in [4.69, 9.17) is 11.6 Å². The van der Waals surface area contributed by atoms with Crippen LogP contribution in [0.1, 0.15) is 5.56 Å². The minimum atomic E-state index is 0. The SMILES string of the molecule is ClCc1ccccc1.[NaH]. The third-order valence-corrected chi connectivity index (χ3v) is 1.31. The summed E-state index contributed by atoms with van der Waals surface area (Å²) in [5.41, 5.74) is 1.18. The first-order valence-electron chi connectivity index (χ1n) is 2.53. The van der Waals surface area contributed by atoms with Crippen molar-refractivity contribution in [2.75, 3.05) is 0 Å². The van der Waals surface area contributed by atoms with Gasteiger partial charge in [-0.1, -0.05) is 30.3 Å². The number of benzene rings is 1. The molecule has 1 aromatic rings. The second kappa shape index (κ2) is 5.31. The average Bonchev–Trinajstić information content (AvgIpc) is 1.90.